The van der Waals surface area contributed by atoms with E-state index in [1.807, 2.05) is 0 Å². The van der Waals surface area contributed by atoms with E-state index in [0.717, 1.165) is 5.01 Å². The number of carbonyl (C=O) groups excluding carboxylic acids is 3. The highest BCUT2D eigenvalue weighted by Crippen LogP contribution is 2.24. The number of nitrogens with zero attached hydrogens (tertiary/aromatic N) is 2. The zero-order chi connectivity index (χ0) is 19.5. The van der Waals surface area contributed by atoms with E-state index in [0.29, 0.717) is 18.5 Å². The van der Waals surface area contributed by atoms with Crippen molar-refractivity contribution in [2.24, 2.45) is 0 Å². The van der Waals surface area contributed by atoms with E-state index in [1.54, 1.807) is 20.8 Å². The minimum Gasteiger partial charge on any atom is -0.442 e. The van der Waals surface area contributed by atoms with Crippen LogP contribution in [0.25, 0.3) is 0 Å². The summed E-state index contributed by atoms with van der Waals surface area (Å²) in [5, 5.41) is 1.39. The largest absolute Gasteiger partial charge is 0.442 e. The second-order valence-electron chi connectivity index (χ2n) is 6.98. The van der Waals surface area contributed by atoms with Gasteiger partial charge in [-0.15, -0.1) is 0 Å². The number of allylic oxidation sites excluding steroid dienone is 2. The third-order valence-electron chi connectivity index (χ3n) is 3.60. The van der Waals surface area contributed by atoms with Crippen LogP contribution in [0.15, 0.2) is 29.6 Å². The summed E-state index contributed by atoms with van der Waals surface area (Å²) in [7, 11) is 1.48. The molecule has 0 saturated carbocycles. The number of aromatic nitrogens is 1. The first-order chi connectivity index (χ1) is 12.1. The van der Waals surface area contributed by atoms with Gasteiger partial charge in [-0.2, -0.15) is 0 Å². The van der Waals surface area contributed by atoms with E-state index in [1.165, 1.54) is 25.4 Å². The van der Waals surface area contributed by atoms with Crippen molar-refractivity contribution in [2.45, 2.75) is 45.6 Å². The van der Waals surface area contributed by atoms with Gasteiger partial charge in [0.15, 0.2) is 11.6 Å². The summed E-state index contributed by atoms with van der Waals surface area (Å²) in [6.45, 7) is 5.26. The number of hydrazine groups is 1. The number of ether oxygens (including phenoxy) is 1. The van der Waals surface area contributed by atoms with Gasteiger partial charge in [-0.05, 0) is 45.7 Å². The normalized spacial score (nSPS) is 14.9. The molecular formula is C18H22ClN3O4. The van der Waals surface area contributed by atoms with Crippen LogP contribution in [0.2, 0.25) is 5.15 Å². The zero-order valence-electron chi connectivity index (χ0n) is 15.3. The molecule has 0 atom stereocenters. The molecule has 7 nitrogen and oxygen atoms in total. The van der Waals surface area contributed by atoms with Crippen LogP contribution in [-0.2, 0) is 9.53 Å². The van der Waals surface area contributed by atoms with Gasteiger partial charge in [-0.1, -0.05) is 11.6 Å². The molecule has 1 aromatic rings. The topological polar surface area (TPSA) is 88.6 Å². The third-order valence-corrected chi connectivity index (χ3v) is 3.82. The molecule has 0 spiro atoms. The van der Waals surface area contributed by atoms with Crippen molar-refractivity contribution >= 4 is 29.3 Å². The number of hydrogen-bond donors (Lipinski definition) is 1. The molecular weight excluding hydrogens is 358 g/mol. The van der Waals surface area contributed by atoms with Crippen LogP contribution in [0.3, 0.4) is 0 Å². The second-order valence-corrected chi connectivity index (χ2v) is 7.37. The second kappa shape index (κ2) is 7.86. The minimum atomic E-state index is -0.655. The van der Waals surface area contributed by atoms with E-state index < -0.39 is 17.5 Å². The van der Waals surface area contributed by atoms with Crippen LogP contribution in [0.1, 0.15) is 50.4 Å². The molecule has 0 aromatic carbocycles. The predicted molar refractivity (Wildman–Crippen MR) is 96.6 cm³/mol. The molecule has 26 heavy (non-hydrogen) atoms. The van der Waals surface area contributed by atoms with E-state index in [-0.39, 0.29) is 28.5 Å². The molecule has 2 rings (SSSR count). The van der Waals surface area contributed by atoms with Crippen molar-refractivity contribution in [1.29, 1.82) is 0 Å². The number of rotatable bonds is 4. The molecule has 1 heterocycles. The molecule has 0 saturated heterocycles. The van der Waals surface area contributed by atoms with Crippen LogP contribution in [0.4, 0.5) is 4.79 Å². The van der Waals surface area contributed by atoms with E-state index in [9.17, 15) is 14.4 Å². The van der Waals surface area contributed by atoms with Crippen LogP contribution in [0.5, 0.6) is 0 Å². The van der Waals surface area contributed by atoms with Gasteiger partial charge < -0.3 is 4.74 Å². The van der Waals surface area contributed by atoms with Gasteiger partial charge in [0.1, 0.15) is 10.8 Å². The number of Topliss-reactive ketones (excluding diaryl/α,β-unsaturated/α-hetero) is 2. The predicted octanol–water partition coefficient (Wildman–Crippen LogP) is 3.30. The fourth-order valence-corrected chi connectivity index (χ4v) is 2.56. The van der Waals surface area contributed by atoms with Crippen molar-refractivity contribution in [3.8, 4) is 0 Å². The Labute approximate surface area is 157 Å². The number of nitrogens with one attached hydrogen (secondary N) is 1. The Hall–Kier alpha value is -2.41. The highest BCUT2D eigenvalue weighted by atomic mass is 35.5. The lowest BCUT2D eigenvalue weighted by Gasteiger charge is -2.28. The van der Waals surface area contributed by atoms with Gasteiger partial charge in [0.2, 0.25) is 0 Å². The Morgan fingerprint density at radius 3 is 2.54 bits per heavy atom. The Morgan fingerprint density at radius 2 is 1.96 bits per heavy atom. The summed E-state index contributed by atoms with van der Waals surface area (Å²) < 4.78 is 5.27. The zero-order valence-corrected chi connectivity index (χ0v) is 16.0. The first-order valence-corrected chi connectivity index (χ1v) is 8.62. The van der Waals surface area contributed by atoms with Crippen molar-refractivity contribution in [1.82, 2.24) is 15.4 Å². The highest BCUT2D eigenvalue weighted by Gasteiger charge is 2.29. The lowest BCUT2D eigenvalue weighted by Crippen LogP contribution is -2.44. The summed E-state index contributed by atoms with van der Waals surface area (Å²) in [4.78, 5) is 41.1. The Bertz CT molecular complexity index is 751. The Balaban J connectivity index is 2.28. The number of halogens is 1. The molecule has 1 aromatic heterocycles. The van der Waals surface area contributed by atoms with Gasteiger partial charge >= 0.3 is 6.09 Å². The van der Waals surface area contributed by atoms with Crippen molar-refractivity contribution in [2.75, 3.05) is 7.05 Å². The fraction of sp³-hybridized carbons (Fsp3) is 0.444. The molecule has 8 heteroatoms. The Kier molecular flexibility index (Phi) is 6.02. The van der Waals surface area contributed by atoms with Gasteiger partial charge in [-0.25, -0.2) is 14.8 Å². The quantitative estimate of drug-likeness (QED) is 0.373. The molecule has 1 aliphatic carbocycles. The van der Waals surface area contributed by atoms with Gasteiger partial charge in [-0.3, -0.25) is 15.0 Å². The number of carbonyl (C=O) groups is 3. The average Bonchev–Trinajstić information content (AvgIpc) is 2.53. The molecule has 0 aliphatic heterocycles. The molecule has 1 N–H and O–H groups in total. The minimum absolute atomic E-state index is 0.0378. The highest BCUT2D eigenvalue weighted by molar-refractivity contribution is 6.30. The van der Waals surface area contributed by atoms with Crippen molar-refractivity contribution < 1.29 is 19.1 Å². The number of amides is 1. The first kappa shape index (κ1) is 19.9. The van der Waals surface area contributed by atoms with Crippen molar-refractivity contribution in [3.05, 3.63) is 40.3 Å². The van der Waals surface area contributed by atoms with Crippen LogP contribution < -0.4 is 5.43 Å². The molecule has 0 unspecified atom stereocenters. The number of ketones is 2. The molecule has 1 aliphatic rings. The summed E-state index contributed by atoms with van der Waals surface area (Å²) in [5.41, 5.74) is 2.88. The first-order valence-electron chi connectivity index (χ1n) is 8.24. The van der Waals surface area contributed by atoms with Crippen LogP contribution >= 0.6 is 11.6 Å². The molecule has 140 valence electrons. The van der Waals surface area contributed by atoms with Gasteiger partial charge in [0.05, 0.1) is 5.57 Å². The van der Waals surface area contributed by atoms with Crippen molar-refractivity contribution in [3.63, 3.8) is 0 Å². The van der Waals surface area contributed by atoms with Crippen LogP contribution in [-0.4, -0.2) is 40.3 Å². The monoisotopic (exact) mass is 379 g/mol. The summed E-state index contributed by atoms with van der Waals surface area (Å²) >= 11 is 5.74. The summed E-state index contributed by atoms with van der Waals surface area (Å²) in [6.07, 6.45) is 2.07. The fourth-order valence-electron chi connectivity index (χ4n) is 2.45. The third kappa shape index (κ3) is 5.05. The number of hydrogen-bond acceptors (Lipinski definition) is 6. The smallest absolute Gasteiger partial charge is 0.428 e. The van der Waals surface area contributed by atoms with E-state index in [4.69, 9.17) is 16.3 Å². The maximum Gasteiger partial charge on any atom is 0.428 e. The molecule has 0 fully saturated rings. The molecule has 1 amide bonds. The summed E-state index contributed by atoms with van der Waals surface area (Å²) in [6, 6.07) is 3.00. The Morgan fingerprint density at radius 1 is 1.27 bits per heavy atom. The van der Waals surface area contributed by atoms with Crippen LogP contribution in [0, 0.1) is 0 Å². The van der Waals surface area contributed by atoms with Gasteiger partial charge in [0, 0.05) is 30.9 Å². The van der Waals surface area contributed by atoms with E-state index in [2.05, 4.69) is 10.4 Å². The molecule has 0 radical (unpaired) electrons. The number of pyridine rings is 1. The SMILES string of the molecule is CN(NC1=C(C(=O)c2ccc(Cl)nc2)C(=O)CCC1)C(=O)OC(C)(C)C. The maximum absolute atomic E-state index is 12.8. The van der Waals surface area contributed by atoms with Gasteiger partial charge in [0.25, 0.3) is 0 Å². The maximum atomic E-state index is 12.8. The summed E-state index contributed by atoms with van der Waals surface area (Å²) in [5.74, 6) is -0.713. The molecule has 0 bridgehead atoms. The van der Waals surface area contributed by atoms with E-state index >= 15 is 0 Å². The standard InChI is InChI=1S/C18H22ClN3O4/c1-18(2,3)26-17(25)22(4)21-12-6-5-7-13(23)15(12)16(24)11-8-9-14(19)20-10-11/h8-10,21H,5-7H2,1-4H3. The lowest BCUT2D eigenvalue weighted by atomic mass is 9.90. The average molecular weight is 380 g/mol. The lowest BCUT2D eigenvalue weighted by molar-refractivity contribution is -0.115.